The van der Waals surface area contributed by atoms with Crippen LogP contribution in [0.15, 0.2) is 30.3 Å². The molecular formula is C12H15N3S. The van der Waals surface area contributed by atoms with E-state index in [1.807, 2.05) is 32.3 Å². The Morgan fingerprint density at radius 2 is 1.94 bits per heavy atom. The van der Waals surface area contributed by atoms with Crippen molar-refractivity contribution in [2.45, 2.75) is 6.54 Å². The minimum atomic E-state index is 0.635. The van der Waals surface area contributed by atoms with Crippen molar-refractivity contribution in [2.24, 2.45) is 0 Å². The zero-order chi connectivity index (χ0) is 11.5. The number of nitrogens with two attached hydrogens (primary N) is 1. The van der Waals surface area contributed by atoms with Gasteiger partial charge in [0.05, 0.1) is 10.6 Å². The van der Waals surface area contributed by atoms with Crippen molar-refractivity contribution in [2.75, 3.05) is 19.8 Å². The molecule has 1 aromatic carbocycles. The van der Waals surface area contributed by atoms with Gasteiger partial charge in [-0.1, -0.05) is 41.7 Å². The maximum absolute atomic E-state index is 5.78. The van der Waals surface area contributed by atoms with Crippen LogP contribution in [0.3, 0.4) is 0 Å². The van der Waals surface area contributed by atoms with Crippen LogP contribution >= 0.6 is 11.3 Å². The fraction of sp³-hybridized carbons (Fsp3) is 0.250. The fourth-order valence-electron chi connectivity index (χ4n) is 1.59. The van der Waals surface area contributed by atoms with Crippen LogP contribution in [0.25, 0.3) is 10.4 Å². The predicted molar refractivity (Wildman–Crippen MR) is 69.4 cm³/mol. The van der Waals surface area contributed by atoms with Crippen LogP contribution in [0.4, 0.5) is 5.13 Å². The van der Waals surface area contributed by atoms with E-state index in [0.29, 0.717) is 5.13 Å². The highest BCUT2D eigenvalue weighted by atomic mass is 32.1. The molecule has 0 aliphatic carbocycles. The third kappa shape index (κ3) is 2.40. The van der Waals surface area contributed by atoms with Gasteiger partial charge in [-0.2, -0.15) is 0 Å². The van der Waals surface area contributed by atoms with Crippen LogP contribution in [0.1, 0.15) is 5.69 Å². The van der Waals surface area contributed by atoms with Gasteiger partial charge in [-0.05, 0) is 19.7 Å². The molecular weight excluding hydrogens is 218 g/mol. The summed E-state index contributed by atoms with van der Waals surface area (Å²) in [6, 6.07) is 10.3. The normalized spacial score (nSPS) is 10.9. The van der Waals surface area contributed by atoms with Gasteiger partial charge in [-0.3, -0.25) is 0 Å². The number of benzene rings is 1. The fourth-order valence-corrected chi connectivity index (χ4v) is 2.44. The second-order valence-electron chi connectivity index (χ2n) is 3.93. The summed E-state index contributed by atoms with van der Waals surface area (Å²) >= 11 is 1.55. The minimum Gasteiger partial charge on any atom is -0.375 e. The molecule has 0 saturated heterocycles. The lowest BCUT2D eigenvalue weighted by Crippen LogP contribution is -2.11. The lowest BCUT2D eigenvalue weighted by molar-refractivity contribution is 0.398. The molecule has 1 aromatic heterocycles. The van der Waals surface area contributed by atoms with Gasteiger partial charge in [0.1, 0.15) is 0 Å². The minimum absolute atomic E-state index is 0.635. The Morgan fingerprint density at radius 3 is 2.56 bits per heavy atom. The second kappa shape index (κ2) is 4.63. The van der Waals surface area contributed by atoms with E-state index >= 15 is 0 Å². The molecule has 0 bridgehead atoms. The lowest BCUT2D eigenvalue weighted by Gasteiger charge is -2.08. The summed E-state index contributed by atoms with van der Waals surface area (Å²) in [5.41, 5.74) is 8.02. The highest BCUT2D eigenvalue weighted by molar-refractivity contribution is 7.18. The predicted octanol–water partition coefficient (Wildman–Crippen LogP) is 2.45. The van der Waals surface area contributed by atoms with Crippen molar-refractivity contribution in [1.82, 2.24) is 9.88 Å². The lowest BCUT2D eigenvalue weighted by atomic mass is 10.1. The van der Waals surface area contributed by atoms with Crippen molar-refractivity contribution >= 4 is 16.5 Å². The molecule has 0 saturated carbocycles. The first-order valence-electron chi connectivity index (χ1n) is 5.12. The van der Waals surface area contributed by atoms with E-state index in [1.165, 1.54) is 10.4 Å². The van der Waals surface area contributed by atoms with E-state index in [2.05, 4.69) is 22.0 Å². The van der Waals surface area contributed by atoms with E-state index in [0.717, 1.165) is 12.2 Å². The smallest absolute Gasteiger partial charge is 0.180 e. The summed E-state index contributed by atoms with van der Waals surface area (Å²) < 4.78 is 0. The van der Waals surface area contributed by atoms with E-state index < -0.39 is 0 Å². The molecule has 3 nitrogen and oxygen atoms in total. The number of anilines is 1. The zero-order valence-corrected chi connectivity index (χ0v) is 10.3. The summed E-state index contributed by atoms with van der Waals surface area (Å²) in [6.07, 6.45) is 0. The van der Waals surface area contributed by atoms with Gasteiger partial charge >= 0.3 is 0 Å². The maximum Gasteiger partial charge on any atom is 0.180 e. The van der Waals surface area contributed by atoms with E-state index in [4.69, 9.17) is 5.73 Å². The summed E-state index contributed by atoms with van der Waals surface area (Å²) in [5, 5.41) is 0.635. The number of hydrogen-bond donors (Lipinski definition) is 1. The first-order valence-corrected chi connectivity index (χ1v) is 5.94. The monoisotopic (exact) mass is 233 g/mol. The third-order valence-electron chi connectivity index (χ3n) is 2.22. The Labute approximate surface area is 99.5 Å². The molecule has 1 heterocycles. The Bertz CT molecular complexity index is 462. The molecule has 2 N–H and O–H groups in total. The van der Waals surface area contributed by atoms with Crippen LogP contribution < -0.4 is 5.73 Å². The third-order valence-corrected chi connectivity index (χ3v) is 3.19. The first kappa shape index (κ1) is 11.1. The van der Waals surface area contributed by atoms with E-state index in [9.17, 15) is 0 Å². The Morgan fingerprint density at radius 1 is 1.25 bits per heavy atom. The number of nitrogen functional groups attached to an aromatic ring is 1. The summed E-state index contributed by atoms with van der Waals surface area (Å²) in [6.45, 7) is 0.817. The van der Waals surface area contributed by atoms with Gasteiger partial charge in [0, 0.05) is 6.54 Å². The van der Waals surface area contributed by atoms with E-state index in [-0.39, 0.29) is 0 Å². The van der Waals surface area contributed by atoms with Crippen LogP contribution in [-0.2, 0) is 6.54 Å². The Balaban J connectivity index is 2.40. The molecule has 0 aliphatic rings. The Hall–Kier alpha value is -1.39. The van der Waals surface area contributed by atoms with Gasteiger partial charge in [-0.25, -0.2) is 4.98 Å². The first-order chi connectivity index (χ1) is 7.66. The van der Waals surface area contributed by atoms with Gasteiger partial charge in [0.25, 0.3) is 0 Å². The van der Waals surface area contributed by atoms with Crippen molar-refractivity contribution in [3.8, 4) is 10.4 Å². The van der Waals surface area contributed by atoms with Crippen molar-refractivity contribution in [3.63, 3.8) is 0 Å². The summed E-state index contributed by atoms with van der Waals surface area (Å²) in [5.74, 6) is 0. The van der Waals surface area contributed by atoms with Crippen molar-refractivity contribution in [3.05, 3.63) is 36.0 Å². The number of hydrogen-bond acceptors (Lipinski definition) is 4. The zero-order valence-electron chi connectivity index (χ0n) is 9.47. The van der Waals surface area contributed by atoms with Crippen LogP contribution in [0, 0.1) is 0 Å². The highest BCUT2D eigenvalue weighted by Crippen LogP contribution is 2.31. The van der Waals surface area contributed by atoms with Crippen molar-refractivity contribution < 1.29 is 0 Å². The van der Waals surface area contributed by atoms with Crippen LogP contribution in [-0.4, -0.2) is 24.0 Å². The summed E-state index contributed by atoms with van der Waals surface area (Å²) in [7, 11) is 4.06. The molecule has 0 fully saturated rings. The van der Waals surface area contributed by atoms with Crippen LogP contribution in [0.2, 0.25) is 0 Å². The molecule has 16 heavy (non-hydrogen) atoms. The molecule has 84 valence electrons. The number of thiazole rings is 1. The molecule has 0 unspecified atom stereocenters. The molecule has 0 radical (unpaired) electrons. The van der Waals surface area contributed by atoms with Gasteiger partial charge in [0.15, 0.2) is 5.13 Å². The number of aromatic nitrogens is 1. The van der Waals surface area contributed by atoms with E-state index in [1.54, 1.807) is 11.3 Å². The van der Waals surface area contributed by atoms with Crippen molar-refractivity contribution in [1.29, 1.82) is 0 Å². The van der Waals surface area contributed by atoms with Gasteiger partial charge in [0.2, 0.25) is 0 Å². The molecule has 0 amide bonds. The second-order valence-corrected chi connectivity index (χ2v) is 4.96. The molecule has 0 spiro atoms. The number of nitrogens with zero attached hydrogens (tertiary/aromatic N) is 2. The van der Waals surface area contributed by atoms with Gasteiger partial charge < -0.3 is 10.6 Å². The van der Waals surface area contributed by atoms with Crippen LogP contribution in [0.5, 0.6) is 0 Å². The highest BCUT2D eigenvalue weighted by Gasteiger charge is 2.11. The molecule has 2 rings (SSSR count). The molecule has 2 aromatic rings. The molecule has 0 atom stereocenters. The quantitative estimate of drug-likeness (QED) is 0.885. The SMILES string of the molecule is CN(C)Cc1nc(N)sc1-c1ccccc1. The average Bonchev–Trinajstić information content (AvgIpc) is 2.60. The number of rotatable bonds is 3. The largest absolute Gasteiger partial charge is 0.375 e. The summed E-state index contributed by atoms with van der Waals surface area (Å²) in [4.78, 5) is 7.65. The molecule has 4 heteroatoms. The van der Waals surface area contributed by atoms with Gasteiger partial charge in [-0.15, -0.1) is 0 Å². The maximum atomic E-state index is 5.78. The Kier molecular flexibility index (Phi) is 3.22. The standard InChI is InChI=1S/C12H15N3S/c1-15(2)8-10-11(16-12(13)14-10)9-6-4-3-5-7-9/h3-7H,8H2,1-2H3,(H2,13,14). The topological polar surface area (TPSA) is 42.2 Å². The average molecular weight is 233 g/mol. The molecule has 0 aliphatic heterocycles.